The number of halogens is 1. The third-order valence-corrected chi connectivity index (χ3v) is 3.44. The van der Waals surface area contributed by atoms with Crippen molar-refractivity contribution in [3.8, 4) is 17.9 Å². The van der Waals surface area contributed by atoms with Crippen LogP contribution in [-0.2, 0) is 4.79 Å². The first-order valence-corrected chi connectivity index (χ1v) is 8.04. The highest BCUT2D eigenvalue weighted by Crippen LogP contribution is 2.16. The van der Waals surface area contributed by atoms with Gasteiger partial charge in [0.15, 0.2) is 0 Å². The van der Waals surface area contributed by atoms with Crippen LogP contribution < -0.4 is 10.1 Å². The van der Waals surface area contributed by atoms with Crippen LogP contribution in [0.4, 0.5) is 4.39 Å². The zero-order chi connectivity index (χ0) is 18.1. The number of ether oxygens (including phenoxy) is 1. The molecule has 1 aromatic carbocycles. The molecule has 0 fully saturated rings. The summed E-state index contributed by atoms with van der Waals surface area (Å²) in [6.07, 6.45) is 3.05. The molecule has 2 rings (SSSR count). The lowest BCUT2D eigenvalue weighted by molar-refractivity contribution is -0.122. The Morgan fingerprint density at radius 2 is 1.84 bits per heavy atom. The fraction of sp³-hybridized carbons (Fsp3) is 0.316. The minimum absolute atomic E-state index is 0.00792. The maximum absolute atomic E-state index is 12.0. The number of carbonyl (C=O) groups excluding carboxylic acids is 1. The molecule has 0 aliphatic carbocycles. The second-order valence-corrected chi connectivity index (χ2v) is 5.28. The fourth-order valence-electron chi connectivity index (χ4n) is 2.06. The molecule has 0 aliphatic heterocycles. The van der Waals surface area contributed by atoms with Gasteiger partial charge in [0, 0.05) is 24.5 Å². The van der Waals surface area contributed by atoms with Crippen LogP contribution in [-0.4, -0.2) is 35.7 Å². The fourth-order valence-corrected chi connectivity index (χ4v) is 2.06. The molecule has 1 heterocycles. The highest BCUT2D eigenvalue weighted by molar-refractivity contribution is 5.83. The molecule has 0 bridgehead atoms. The summed E-state index contributed by atoms with van der Waals surface area (Å²) in [5, 5.41) is 2.81. The van der Waals surface area contributed by atoms with Gasteiger partial charge in [0.05, 0.1) is 11.5 Å². The molecule has 1 aromatic heterocycles. The summed E-state index contributed by atoms with van der Waals surface area (Å²) >= 11 is 0. The van der Waals surface area contributed by atoms with Crippen LogP contribution in [0, 0.1) is 11.8 Å². The molecule has 5 nitrogen and oxygen atoms in total. The Morgan fingerprint density at radius 1 is 1.20 bits per heavy atom. The molecular formula is C19H20FN3O2. The maximum atomic E-state index is 12.0. The molecule has 0 saturated heterocycles. The Bertz CT molecular complexity index is 749. The van der Waals surface area contributed by atoms with Crippen molar-refractivity contribution in [1.82, 2.24) is 15.3 Å². The van der Waals surface area contributed by atoms with Crippen molar-refractivity contribution in [3.63, 3.8) is 0 Å². The van der Waals surface area contributed by atoms with Crippen LogP contribution in [0.1, 0.15) is 36.5 Å². The summed E-state index contributed by atoms with van der Waals surface area (Å²) in [7, 11) is 0. The lowest BCUT2D eigenvalue weighted by atomic mass is 9.99. The zero-order valence-corrected chi connectivity index (χ0v) is 14.3. The number of hydrogen-bond acceptors (Lipinski definition) is 4. The van der Waals surface area contributed by atoms with Crippen molar-refractivity contribution in [3.05, 3.63) is 53.3 Å². The van der Waals surface area contributed by atoms with Crippen molar-refractivity contribution < 1.29 is 13.9 Å². The van der Waals surface area contributed by atoms with Gasteiger partial charge in [0.25, 0.3) is 0 Å². The van der Waals surface area contributed by atoms with Gasteiger partial charge >= 0.3 is 6.01 Å². The molecule has 25 heavy (non-hydrogen) atoms. The van der Waals surface area contributed by atoms with Gasteiger partial charge < -0.3 is 10.1 Å². The van der Waals surface area contributed by atoms with Crippen LogP contribution in [0.5, 0.6) is 6.01 Å². The Labute approximate surface area is 146 Å². The normalized spacial score (nSPS) is 11.2. The molecule has 130 valence electrons. The third-order valence-electron chi connectivity index (χ3n) is 3.44. The van der Waals surface area contributed by atoms with E-state index >= 15 is 0 Å². The number of amides is 1. The third kappa shape index (κ3) is 5.57. The molecule has 0 aliphatic rings. The lowest BCUT2D eigenvalue weighted by Crippen LogP contribution is -2.27. The second kappa shape index (κ2) is 9.38. The smallest absolute Gasteiger partial charge is 0.316 e. The number of aromatic nitrogens is 2. The predicted molar refractivity (Wildman–Crippen MR) is 93.0 cm³/mol. The van der Waals surface area contributed by atoms with E-state index in [-0.39, 0.29) is 24.4 Å². The summed E-state index contributed by atoms with van der Waals surface area (Å²) in [5.74, 6) is 5.77. The predicted octanol–water partition coefficient (Wildman–Crippen LogP) is 2.46. The Balaban J connectivity index is 2.02. The van der Waals surface area contributed by atoms with Gasteiger partial charge in [-0.1, -0.05) is 24.0 Å². The summed E-state index contributed by atoms with van der Waals surface area (Å²) < 4.78 is 17.0. The van der Waals surface area contributed by atoms with E-state index in [2.05, 4.69) is 27.1 Å². The van der Waals surface area contributed by atoms with Gasteiger partial charge in [-0.15, -0.1) is 0 Å². The average molecular weight is 341 g/mol. The Hall–Kier alpha value is -2.94. The number of nitrogens with one attached hydrogen (secondary N) is 1. The number of alkyl halides is 1. The van der Waals surface area contributed by atoms with Gasteiger partial charge in [-0.3, -0.25) is 4.79 Å². The summed E-state index contributed by atoms with van der Waals surface area (Å²) in [5.41, 5.74) is 2.39. The first-order valence-electron chi connectivity index (χ1n) is 8.04. The average Bonchev–Trinajstić information content (AvgIpc) is 2.65. The number of nitrogens with zero attached hydrogens (tertiary/aromatic N) is 2. The molecule has 2 aromatic rings. The van der Waals surface area contributed by atoms with Crippen LogP contribution in [0.25, 0.3) is 0 Å². The number of carbonyl (C=O) groups is 1. The van der Waals surface area contributed by atoms with Crippen molar-refractivity contribution in [2.75, 3.05) is 19.8 Å². The largest absolute Gasteiger partial charge is 0.461 e. The summed E-state index contributed by atoms with van der Waals surface area (Å²) in [6.45, 7) is 3.74. The maximum Gasteiger partial charge on any atom is 0.316 e. The number of likely N-dealkylation sites (N-methyl/N-ethyl adjacent to an activating group) is 1. The standard InChI is InChI=1S/C19H20FN3O2/c1-3-21-18(24)14(2)17-8-6-15(7-9-17)4-5-16-12-22-19(23-13-16)25-11-10-20/h6-9,12-14H,3,10-11H2,1-2H3,(H,21,24). The monoisotopic (exact) mass is 341 g/mol. The van der Waals surface area contributed by atoms with Gasteiger partial charge in [-0.2, -0.15) is 0 Å². The van der Waals surface area contributed by atoms with Gasteiger partial charge in [-0.05, 0) is 31.5 Å². The molecule has 1 N–H and O–H groups in total. The molecule has 1 unspecified atom stereocenters. The molecule has 0 spiro atoms. The quantitative estimate of drug-likeness (QED) is 0.820. The highest BCUT2D eigenvalue weighted by atomic mass is 19.1. The molecule has 6 heteroatoms. The Morgan fingerprint density at radius 3 is 2.44 bits per heavy atom. The summed E-state index contributed by atoms with van der Waals surface area (Å²) in [6, 6.07) is 7.67. The number of rotatable bonds is 6. The van der Waals surface area contributed by atoms with E-state index in [1.165, 1.54) is 12.4 Å². The molecule has 0 saturated carbocycles. The van der Waals surface area contributed by atoms with Gasteiger partial charge in [0.1, 0.15) is 13.3 Å². The van der Waals surface area contributed by atoms with Crippen LogP contribution in [0.2, 0.25) is 0 Å². The highest BCUT2D eigenvalue weighted by Gasteiger charge is 2.13. The van der Waals surface area contributed by atoms with E-state index in [0.29, 0.717) is 12.1 Å². The van der Waals surface area contributed by atoms with E-state index in [0.717, 1.165) is 11.1 Å². The SMILES string of the molecule is CCNC(=O)C(C)c1ccc(C#Cc2cnc(OCCF)nc2)cc1. The molecule has 0 radical (unpaired) electrons. The molecule has 1 amide bonds. The van der Waals surface area contributed by atoms with Crippen molar-refractivity contribution in [2.45, 2.75) is 19.8 Å². The minimum Gasteiger partial charge on any atom is -0.461 e. The summed E-state index contributed by atoms with van der Waals surface area (Å²) in [4.78, 5) is 19.8. The Kier molecular flexibility index (Phi) is 6.90. The topological polar surface area (TPSA) is 64.1 Å². The van der Waals surface area contributed by atoms with Crippen LogP contribution in [0.3, 0.4) is 0 Å². The van der Waals surface area contributed by atoms with Gasteiger partial charge in [-0.25, -0.2) is 14.4 Å². The van der Waals surface area contributed by atoms with Crippen LogP contribution in [0.15, 0.2) is 36.7 Å². The van der Waals surface area contributed by atoms with Crippen molar-refractivity contribution in [2.24, 2.45) is 0 Å². The van der Waals surface area contributed by atoms with Crippen molar-refractivity contribution in [1.29, 1.82) is 0 Å². The van der Waals surface area contributed by atoms with Gasteiger partial charge in [0.2, 0.25) is 5.91 Å². The minimum atomic E-state index is -0.584. The van der Waals surface area contributed by atoms with E-state index in [9.17, 15) is 9.18 Å². The molecule has 1 atom stereocenters. The first-order chi connectivity index (χ1) is 12.1. The van der Waals surface area contributed by atoms with E-state index < -0.39 is 6.67 Å². The van der Waals surface area contributed by atoms with Crippen LogP contribution >= 0.6 is 0 Å². The second-order valence-electron chi connectivity index (χ2n) is 5.28. The molecular weight excluding hydrogens is 321 g/mol. The first kappa shape index (κ1) is 18.4. The number of benzene rings is 1. The van der Waals surface area contributed by atoms with Crippen molar-refractivity contribution >= 4 is 5.91 Å². The number of hydrogen-bond donors (Lipinski definition) is 1. The van der Waals surface area contributed by atoms with E-state index in [4.69, 9.17) is 4.74 Å². The zero-order valence-electron chi connectivity index (χ0n) is 14.3. The lowest BCUT2D eigenvalue weighted by Gasteiger charge is -2.11. The van der Waals surface area contributed by atoms with E-state index in [1.54, 1.807) is 0 Å². The van der Waals surface area contributed by atoms with E-state index in [1.807, 2.05) is 38.1 Å².